The first-order valence-corrected chi connectivity index (χ1v) is 12.5. The van der Waals surface area contributed by atoms with Gasteiger partial charge in [0, 0.05) is 43.6 Å². The summed E-state index contributed by atoms with van der Waals surface area (Å²) < 4.78 is 7.93. The molecule has 0 saturated carbocycles. The Morgan fingerprint density at radius 1 is 0.775 bits per heavy atom. The zero-order valence-corrected chi connectivity index (χ0v) is 22.2. The smallest absolute Gasteiger partial charge is 0.354 e. The van der Waals surface area contributed by atoms with E-state index in [0.717, 1.165) is 22.0 Å². The van der Waals surface area contributed by atoms with E-state index in [1.165, 1.54) is 13.2 Å². The molecule has 0 saturated heterocycles. The van der Waals surface area contributed by atoms with Gasteiger partial charge in [-0.05, 0) is 47.5 Å². The molecule has 0 unspecified atom stereocenters. The average molecular weight is 534 g/mol. The third-order valence-electron chi connectivity index (χ3n) is 6.41. The van der Waals surface area contributed by atoms with Gasteiger partial charge in [0.2, 0.25) is 0 Å². The number of nitrogens with zero attached hydrogens (tertiary/aromatic N) is 3. The molecule has 5 rings (SSSR count). The Labute approximate surface area is 230 Å². The summed E-state index contributed by atoms with van der Waals surface area (Å²) in [5.74, 6) is -1.18. The van der Waals surface area contributed by atoms with Crippen LogP contribution < -0.4 is 10.6 Å². The second-order valence-electron chi connectivity index (χ2n) is 9.27. The Morgan fingerprint density at radius 2 is 1.40 bits per heavy atom. The molecule has 0 atom stereocenters. The highest BCUT2D eigenvalue weighted by Crippen LogP contribution is 2.19. The van der Waals surface area contributed by atoms with Crippen molar-refractivity contribution in [2.45, 2.75) is 0 Å². The molecular formula is C31H27N5O4. The van der Waals surface area contributed by atoms with Gasteiger partial charge >= 0.3 is 5.97 Å². The van der Waals surface area contributed by atoms with Crippen LogP contribution in [0.4, 0.5) is 11.4 Å². The standard InChI is InChI=1S/C31H27N5O4/c1-35-18-24(15-27(35)30(38)34-25-16-28(31(39)40-3)36(2)19-25)33-29(37)22-12-10-20(11-13-22)8-9-21-14-23-6-4-5-7-26(23)32-17-21/h4-19H,1-3H3,(H,33,37)(H,34,38)/b9-8+. The van der Waals surface area contributed by atoms with E-state index in [-0.39, 0.29) is 11.8 Å². The van der Waals surface area contributed by atoms with Crippen LogP contribution in [0.15, 0.2) is 85.3 Å². The Bertz CT molecular complexity index is 1760. The minimum Gasteiger partial charge on any atom is -0.464 e. The normalized spacial score (nSPS) is 11.1. The number of para-hydroxylation sites is 1. The van der Waals surface area contributed by atoms with Crippen LogP contribution in [0.1, 0.15) is 42.5 Å². The number of fused-ring (bicyclic) bond motifs is 1. The molecule has 5 aromatic rings. The van der Waals surface area contributed by atoms with E-state index < -0.39 is 5.97 Å². The molecule has 0 aliphatic rings. The van der Waals surface area contributed by atoms with Crippen LogP contribution in [0, 0.1) is 0 Å². The first kappa shape index (κ1) is 26.2. The molecule has 0 radical (unpaired) electrons. The van der Waals surface area contributed by atoms with Crippen LogP contribution in [0.3, 0.4) is 0 Å². The summed E-state index contributed by atoms with van der Waals surface area (Å²) in [6.07, 6.45) is 9.06. The highest BCUT2D eigenvalue weighted by molar-refractivity contribution is 6.07. The van der Waals surface area contributed by atoms with Crippen molar-refractivity contribution in [1.82, 2.24) is 14.1 Å². The van der Waals surface area contributed by atoms with Crippen LogP contribution >= 0.6 is 0 Å². The van der Waals surface area contributed by atoms with Crippen molar-refractivity contribution in [3.05, 3.63) is 113 Å². The van der Waals surface area contributed by atoms with Gasteiger partial charge in [0.05, 0.1) is 24.0 Å². The Balaban J connectivity index is 1.22. The van der Waals surface area contributed by atoms with E-state index in [9.17, 15) is 14.4 Å². The molecule has 0 spiro atoms. The van der Waals surface area contributed by atoms with Crippen LogP contribution in [0.25, 0.3) is 23.1 Å². The van der Waals surface area contributed by atoms with E-state index in [4.69, 9.17) is 4.74 Å². The number of carbonyl (C=O) groups excluding carboxylic acids is 3. The third kappa shape index (κ3) is 5.68. The number of hydrogen-bond donors (Lipinski definition) is 2. The molecule has 0 aliphatic heterocycles. The minimum atomic E-state index is -0.502. The molecule has 2 N–H and O–H groups in total. The van der Waals surface area contributed by atoms with Gasteiger partial charge in [0.25, 0.3) is 11.8 Å². The van der Waals surface area contributed by atoms with Crippen molar-refractivity contribution in [2.75, 3.05) is 17.7 Å². The van der Waals surface area contributed by atoms with Crippen molar-refractivity contribution in [3.8, 4) is 0 Å². The molecule has 9 heteroatoms. The summed E-state index contributed by atoms with van der Waals surface area (Å²) in [7, 11) is 4.69. The van der Waals surface area contributed by atoms with Crippen molar-refractivity contribution in [2.24, 2.45) is 14.1 Å². The Kier molecular flexibility index (Phi) is 7.28. The maximum atomic E-state index is 12.8. The summed E-state index contributed by atoms with van der Waals surface area (Å²) in [5.41, 5.74) is 4.94. The van der Waals surface area contributed by atoms with Crippen LogP contribution in [-0.2, 0) is 18.8 Å². The molecule has 0 bridgehead atoms. The van der Waals surface area contributed by atoms with Gasteiger partial charge in [-0.1, -0.05) is 42.5 Å². The van der Waals surface area contributed by atoms with Gasteiger partial charge in [0.1, 0.15) is 11.4 Å². The number of pyridine rings is 1. The quantitative estimate of drug-likeness (QED) is 0.274. The molecule has 9 nitrogen and oxygen atoms in total. The molecule has 0 fully saturated rings. The highest BCUT2D eigenvalue weighted by atomic mass is 16.5. The second kappa shape index (κ2) is 11.1. The fraction of sp³-hybridized carbons (Fsp3) is 0.0968. The summed E-state index contributed by atoms with van der Waals surface area (Å²) in [4.78, 5) is 42.0. The molecule has 3 heterocycles. The fourth-order valence-electron chi connectivity index (χ4n) is 4.31. The predicted octanol–water partition coefficient (Wildman–Crippen LogP) is 5.37. The number of benzene rings is 2. The van der Waals surface area contributed by atoms with Gasteiger partial charge in [0.15, 0.2) is 0 Å². The number of aromatic nitrogens is 3. The highest BCUT2D eigenvalue weighted by Gasteiger charge is 2.17. The predicted molar refractivity (Wildman–Crippen MR) is 155 cm³/mol. The van der Waals surface area contributed by atoms with E-state index in [1.807, 2.05) is 54.7 Å². The average Bonchev–Trinajstić information content (AvgIpc) is 3.52. The summed E-state index contributed by atoms with van der Waals surface area (Å²) in [6.45, 7) is 0. The Morgan fingerprint density at radius 3 is 2.12 bits per heavy atom. The van der Waals surface area contributed by atoms with Crippen LogP contribution in [0.5, 0.6) is 0 Å². The number of nitrogens with one attached hydrogen (secondary N) is 2. The van der Waals surface area contributed by atoms with Crippen molar-refractivity contribution in [3.63, 3.8) is 0 Å². The first-order valence-electron chi connectivity index (χ1n) is 12.5. The van der Waals surface area contributed by atoms with Crippen molar-refractivity contribution < 1.29 is 19.1 Å². The van der Waals surface area contributed by atoms with Gasteiger partial charge in [-0.2, -0.15) is 0 Å². The fourth-order valence-corrected chi connectivity index (χ4v) is 4.31. The summed E-state index contributed by atoms with van der Waals surface area (Å²) >= 11 is 0. The van der Waals surface area contributed by atoms with E-state index in [2.05, 4.69) is 21.7 Å². The summed E-state index contributed by atoms with van der Waals surface area (Å²) in [6, 6.07) is 20.4. The molecule has 3 aromatic heterocycles. The van der Waals surface area contributed by atoms with E-state index >= 15 is 0 Å². The number of esters is 1. The van der Waals surface area contributed by atoms with Gasteiger partial charge < -0.3 is 24.5 Å². The lowest BCUT2D eigenvalue weighted by Crippen LogP contribution is -2.15. The Hall–Kier alpha value is -5.44. The largest absolute Gasteiger partial charge is 0.464 e. The maximum absolute atomic E-state index is 12.8. The van der Waals surface area contributed by atoms with Crippen molar-refractivity contribution in [1.29, 1.82) is 0 Å². The lowest BCUT2D eigenvalue weighted by Gasteiger charge is -2.03. The maximum Gasteiger partial charge on any atom is 0.354 e. The number of anilines is 2. The van der Waals surface area contributed by atoms with Crippen LogP contribution in [-0.4, -0.2) is 39.0 Å². The van der Waals surface area contributed by atoms with Gasteiger partial charge in [-0.25, -0.2) is 4.79 Å². The lowest BCUT2D eigenvalue weighted by atomic mass is 10.1. The number of hydrogen-bond acceptors (Lipinski definition) is 5. The third-order valence-corrected chi connectivity index (χ3v) is 6.41. The molecule has 40 heavy (non-hydrogen) atoms. The topological polar surface area (TPSA) is 107 Å². The monoisotopic (exact) mass is 533 g/mol. The van der Waals surface area contributed by atoms with Crippen LogP contribution in [0.2, 0.25) is 0 Å². The number of rotatable bonds is 7. The van der Waals surface area contributed by atoms with E-state index in [0.29, 0.717) is 28.3 Å². The minimum absolute atomic E-state index is 0.294. The molecular weight excluding hydrogens is 506 g/mol. The van der Waals surface area contributed by atoms with E-state index in [1.54, 1.807) is 53.8 Å². The van der Waals surface area contributed by atoms with Gasteiger partial charge in [-0.3, -0.25) is 14.6 Å². The van der Waals surface area contributed by atoms with Crippen molar-refractivity contribution >= 4 is 52.2 Å². The second-order valence-corrected chi connectivity index (χ2v) is 9.27. The molecule has 2 aromatic carbocycles. The first-order chi connectivity index (χ1) is 19.3. The lowest BCUT2D eigenvalue weighted by molar-refractivity contribution is 0.0589. The number of amides is 2. The zero-order valence-electron chi connectivity index (χ0n) is 22.2. The summed E-state index contributed by atoms with van der Waals surface area (Å²) in [5, 5.41) is 6.68. The number of ether oxygens (including phenoxy) is 1. The number of aryl methyl sites for hydroxylation is 2. The molecule has 200 valence electrons. The SMILES string of the molecule is COC(=O)c1cc(NC(=O)c2cc(NC(=O)c3ccc(/C=C/c4cnc5ccccc5c4)cc3)cn2C)cn1C. The van der Waals surface area contributed by atoms with Gasteiger partial charge in [-0.15, -0.1) is 0 Å². The zero-order chi connectivity index (χ0) is 28.2. The molecule has 2 amide bonds. The molecule has 0 aliphatic carbocycles. The number of carbonyl (C=O) groups is 3. The number of methoxy groups -OCH3 is 1.